The fourth-order valence-corrected chi connectivity index (χ4v) is 6.99. The molecule has 2 aliphatic rings. The molecule has 0 bridgehead atoms. The summed E-state index contributed by atoms with van der Waals surface area (Å²) in [6, 6.07) is 14.3. The molecule has 1 aromatic heterocycles. The van der Waals surface area contributed by atoms with Crippen LogP contribution in [0.4, 0.5) is 4.79 Å². The summed E-state index contributed by atoms with van der Waals surface area (Å²) in [4.78, 5) is 58.9. The Morgan fingerprint density at radius 3 is 2.45 bits per heavy atom. The predicted molar refractivity (Wildman–Crippen MR) is 189 cm³/mol. The smallest absolute Gasteiger partial charge is 0.408 e. The van der Waals surface area contributed by atoms with E-state index >= 15 is 0 Å². The zero-order chi connectivity index (χ0) is 36.9. The van der Waals surface area contributed by atoms with Gasteiger partial charge >= 0.3 is 6.09 Å². The molecule has 0 spiro atoms. The van der Waals surface area contributed by atoms with Crippen molar-refractivity contribution in [3.05, 3.63) is 67.3 Å². The van der Waals surface area contributed by atoms with Gasteiger partial charge in [0.05, 0.1) is 30.1 Å². The summed E-state index contributed by atoms with van der Waals surface area (Å²) in [7, 11) is -2.32. The number of methoxy groups -OCH3 is 1. The number of nitrogens with zero attached hydrogens (tertiary/aromatic N) is 2. The first-order valence-corrected chi connectivity index (χ1v) is 18.2. The largest absolute Gasteiger partial charge is 0.497 e. The molecule has 2 fully saturated rings. The van der Waals surface area contributed by atoms with Crippen molar-refractivity contribution in [2.45, 2.75) is 75.5 Å². The van der Waals surface area contributed by atoms with Gasteiger partial charge in [-0.2, -0.15) is 0 Å². The van der Waals surface area contributed by atoms with Crippen molar-refractivity contribution in [3.8, 4) is 22.8 Å². The average Bonchev–Trinajstić information content (AvgIpc) is 3.87. The second-order valence-corrected chi connectivity index (χ2v) is 15.4. The van der Waals surface area contributed by atoms with Gasteiger partial charge in [-0.3, -0.25) is 19.1 Å². The number of likely N-dealkylation sites (tertiary alicyclic amines) is 1. The van der Waals surface area contributed by atoms with E-state index in [-0.39, 0.29) is 19.4 Å². The maximum absolute atomic E-state index is 13.8. The standard InChI is InChI=1S/C36H43N5O9S/c1-6-10-27(33(43)40-51(46,47)25-14-15-25)39-34(44)30-18-24(21-41(30)32(42)20-37-35(45)50-36(2,3)4)49-31-19-28(22-11-8-7-9-12-22)38-29-17-23(48-5)13-16-26(29)31/h6-9,11-13,16-17,19,24-25,27,30H,1,10,14-15,18,20-21H2,2-5H3,(H,37,45)(H,39,44)(H,40,43)/t24?,27-,30+/m1/s1. The number of hydrogen-bond acceptors (Lipinski definition) is 10. The second-order valence-electron chi connectivity index (χ2n) is 13.4. The fraction of sp³-hybridized carbons (Fsp3) is 0.417. The molecule has 272 valence electrons. The van der Waals surface area contributed by atoms with E-state index in [1.165, 1.54) is 11.0 Å². The van der Waals surface area contributed by atoms with Crippen LogP contribution in [0.3, 0.4) is 0 Å². The van der Waals surface area contributed by atoms with Crippen LogP contribution < -0.4 is 24.8 Å². The summed E-state index contributed by atoms with van der Waals surface area (Å²) in [6.45, 7) is 8.18. The lowest BCUT2D eigenvalue weighted by Crippen LogP contribution is -2.54. The summed E-state index contributed by atoms with van der Waals surface area (Å²) >= 11 is 0. The molecular formula is C36H43N5O9S. The highest BCUT2D eigenvalue weighted by molar-refractivity contribution is 7.90. The number of benzene rings is 2. The normalized spacial score (nSPS) is 18.0. The van der Waals surface area contributed by atoms with Gasteiger partial charge in [-0.05, 0) is 52.2 Å². The lowest BCUT2D eigenvalue weighted by Gasteiger charge is -2.26. The summed E-state index contributed by atoms with van der Waals surface area (Å²) in [5.74, 6) is -1.14. The van der Waals surface area contributed by atoms with Crippen molar-refractivity contribution in [1.29, 1.82) is 0 Å². The van der Waals surface area contributed by atoms with Crippen molar-refractivity contribution in [1.82, 2.24) is 25.2 Å². The van der Waals surface area contributed by atoms with Crippen LogP contribution in [0.2, 0.25) is 0 Å². The van der Waals surface area contributed by atoms with Crippen molar-refractivity contribution in [2.24, 2.45) is 0 Å². The minimum absolute atomic E-state index is 0.0213. The fourth-order valence-electron chi connectivity index (χ4n) is 5.65. The molecule has 1 saturated heterocycles. The zero-order valence-electron chi connectivity index (χ0n) is 29.0. The Morgan fingerprint density at radius 1 is 1.08 bits per heavy atom. The van der Waals surface area contributed by atoms with E-state index in [1.807, 2.05) is 36.4 Å². The summed E-state index contributed by atoms with van der Waals surface area (Å²) in [6.07, 6.45) is 0.732. The average molecular weight is 722 g/mol. The molecule has 15 heteroatoms. The molecule has 3 aromatic rings. The topological polar surface area (TPSA) is 182 Å². The predicted octanol–water partition coefficient (Wildman–Crippen LogP) is 3.45. The Balaban J connectivity index is 1.41. The molecule has 1 aliphatic carbocycles. The van der Waals surface area contributed by atoms with E-state index in [0.717, 1.165) is 5.56 Å². The highest BCUT2D eigenvalue weighted by Crippen LogP contribution is 2.34. The number of nitrogens with one attached hydrogen (secondary N) is 3. The number of aromatic nitrogens is 1. The van der Waals surface area contributed by atoms with Gasteiger partial charge in [0.25, 0.3) is 5.91 Å². The number of amides is 4. The molecule has 3 N–H and O–H groups in total. The van der Waals surface area contributed by atoms with Crippen molar-refractivity contribution in [2.75, 3.05) is 20.2 Å². The van der Waals surface area contributed by atoms with Crippen LogP contribution in [0.25, 0.3) is 22.2 Å². The first-order valence-electron chi connectivity index (χ1n) is 16.6. The lowest BCUT2D eigenvalue weighted by molar-refractivity contribution is -0.138. The summed E-state index contributed by atoms with van der Waals surface area (Å²) < 4.78 is 44.2. The van der Waals surface area contributed by atoms with Crippen LogP contribution in [-0.4, -0.2) is 91.4 Å². The molecule has 3 atom stereocenters. The molecule has 14 nitrogen and oxygen atoms in total. The van der Waals surface area contributed by atoms with Gasteiger partial charge in [0.1, 0.15) is 41.8 Å². The van der Waals surface area contributed by atoms with Gasteiger partial charge < -0.3 is 29.7 Å². The van der Waals surface area contributed by atoms with Crippen molar-refractivity contribution >= 4 is 44.7 Å². The van der Waals surface area contributed by atoms with Gasteiger partial charge in [-0.25, -0.2) is 18.2 Å². The number of ether oxygens (including phenoxy) is 3. The first-order chi connectivity index (χ1) is 24.2. The van der Waals surface area contributed by atoms with Crippen molar-refractivity contribution in [3.63, 3.8) is 0 Å². The van der Waals surface area contributed by atoms with Gasteiger partial charge in [0.2, 0.25) is 21.8 Å². The van der Waals surface area contributed by atoms with Crippen molar-refractivity contribution < 1.29 is 41.8 Å². The second kappa shape index (κ2) is 15.4. The molecule has 5 rings (SSSR count). The van der Waals surface area contributed by atoms with Gasteiger partial charge in [0.15, 0.2) is 0 Å². The Bertz CT molecular complexity index is 1910. The minimum atomic E-state index is -3.88. The van der Waals surface area contributed by atoms with Gasteiger partial charge in [0, 0.05) is 29.5 Å². The molecule has 2 aromatic carbocycles. The lowest BCUT2D eigenvalue weighted by atomic mass is 10.1. The van der Waals surface area contributed by atoms with E-state index in [1.54, 1.807) is 46.1 Å². The molecule has 4 amide bonds. The number of carbonyl (C=O) groups excluding carboxylic acids is 4. The number of rotatable bonds is 13. The molecule has 0 radical (unpaired) electrons. The number of sulfonamides is 1. The monoisotopic (exact) mass is 721 g/mol. The highest BCUT2D eigenvalue weighted by Gasteiger charge is 2.43. The number of pyridine rings is 1. The summed E-state index contributed by atoms with van der Waals surface area (Å²) in [5.41, 5.74) is 1.28. The molecule has 2 heterocycles. The third kappa shape index (κ3) is 9.54. The number of hydrogen-bond donors (Lipinski definition) is 3. The Hall–Kier alpha value is -5.18. The van der Waals surface area contributed by atoms with Gasteiger partial charge in [-0.1, -0.05) is 36.4 Å². The van der Waals surface area contributed by atoms with Crippen LogP contribution >= 0.6 is 0 Å². The Labute approximate surface area is 297 Å². The SMILES string of the molecule is C=CC[C@@H](NC(=O)[C@@H]1CC(Oc2cc(-c3ccccc3)nc3cc(OC)ccc23)CN1C(=O)CNC(=O)OC(C)(C)C)C(=O)NS(=O)(=O)C1CC1. The highest BCUT2D eigenvalue weighted by atomic mass is 32.2. The molecular weight excluding hydrogens is 678 g/mol. The van der Waals surface area contributed by atoms with Crippen LogP contribution in [0.15, 0.2) is 67.3 Å². The van der Waals surface area contributed by atoms with E-state index < -0.39 is 69.4 Å². The van der Waals surface area contributed by atoms with Crippen LogP contribution in [0, 0.1) is 0 Å². The molecule has 1 saturated carbocycles. The number of fused-ring (bicyclic) bond motifs is 1. The molecule has 1 aliphatic heterocycles. The Morgan fingerprint density at radius 2 is 1.80 bits per heavy atom. The maximum atomic E-state index is 13.8. The van der Waals surface area contributed by atoms with E-state index in [0.29, 0.717) is 40.9 Å². The number of carbonyl (C=O) groups is 4. The maximum Gasteiger partial charge on any atom is 0.408 e. The third-order valence-electron chi connectivity index (χ3n) is 8.25. The first kappa shape index (κ1) is 37.1. The van der Waals surface area contributed by atoms with E-state index in [4.69, 9.17) is 19.2 Å². The molecule has 1 unspecified atom stereocenters. The van der Waals surface area contributed by atoms with Crippen LogP contribution in [0.1, 0.15) is 46.5 Å². The van der Waals surface area contributed by atoms with E-state index in [9.17, 15) is 27.6 Å². The third-order valence-corrected chi connectivity index (χ3v) is 10.1. The van der Waals surface area contributed by atoms with Gasteiger partial charge in [-0.15, -0.1) is 6.58 Å². The summed E-state index contributed by atoms with van der Waals surface area (Å²) in [5, 5.41) is 5.07. The van der Waals surface area contributed by atoms with Crippen LogP contribution in [-0.2, 0) is 29.1 Å². The Kier molecular flexibility index (Phi) is 11.2. The van der Waals surface area contributed by atoms with E-state index in [2.05, 4.69) is 21.9 Å². The number of alkyl carbamates (subject to hydrolysis) is 1. The minimum Gasteiger partial charge on any atom is -0.497 e. The zero-order valence-corrected chi connectivity index (χ0v) is 29.8. The quantitative estimate of drug-likeness (QED) is 0.221. The molecule has 51 heavy (non-hydrogen) atoms. The van der Waals surface area contributed by atoms with Crippen LogP contribution in [0.5, 0.6) is 11.5 Å².